The van der Waals surface area contributed by atoms with Gasteiger partial charge in [0.05, 0.1) is 10.8 Å². The Bertz CT molecular complexity index is 2140. The van der Waals surface area contributed by atoms with Crippen LogP contribution in [0.5, 0.6) is 0 Å². The SMILES string of the molecule is CCCCC(=O)Nc1nc(N2CCN(Cc3ccccc3)CC3(CC3)C2)c2cc[nH]c2n1.CCCCC(=O)Nc1nc(N2CCNCC3(CC3)C2)c2cc[nH]c2n1. The molecule has 4 aromatic heterocycles. The number of benzene rings is 1. The van der Waals surface area contributed by atoms with Crippen molar-refractivity contribution < 1.29 is 9.59 Å². The van der Waals surface area contributed by atoms with Crippen LogP contribution in [0.3, 0.4) is 0 Å². The van der Waals surface area contributed by atoms with E-state index in [-0.39, 0.29) is 11.8 Å². The van der Waals surface area contributed by atoms with E-state index >= 15 is 0 Å². The van der Waals surface area contributed by atoms with Crippen LogP contribution in [0.15, 0.2) is 54.9 Å². The molecule has 0 bridgehead atoms. The molecular weight excluding hydrogens is 717 g/mol. The lowest BCUT2D eigenvalue weighted by Gasteiger charge is -2.25. The van der Waals surface area contributed by atoms with Crippen LogP contribution in [-0.4, -0.2) is 99.0 Å². The highest BCUT2D eigenvalue weighted by atomic mass is 16.2. The maximum atomic E-state index is 12.3. The molecule has 4 fully saturated rings. The van der Waals surface area contributed by atoms with E-state index in [1.165, 1.54) is 31.2 Å². The van der Waals surface area contributed by atoms with Crippen LogP contribution >= 0.6 is 0 Å². The number of aromatic amines is 2. The van der Waals surface area contributed by atoms with Crippen molar-refractivity contribution >= 4 is 57.4 Å². The van der Waals surface area contributed by atoms with Gasteiger partial charge < -0.3 is 25.1 Å². The molecule has 14 heteroatoms. The van der Waals surface area contributed by atoms with E-state index in [9.17, 15) is 9.59 Å². The highest BCUT2D eigenvalue weighted by molar-refractivity contribution is 5.94. The van der Waals surface area contributed by atoms with Crippen molar-refractivity contribution in [2.75, 3.05) is 72.8 Å². The van der Waals surface area contributed by atoms with Crippen LogP contribution in [0.2, 0.25) is 0 Å². The summed E-state index contributed by atoms with van der Waals surface area (Å²) in [6.45, 7) is 13.1. The number of carbonyl (C=O) groups excluding carboxylic acids is 2. The van der Waals surface area contributed by atoms with E-state index in [0.717, 1.165) is 118 Å². The van der Waals surface area contributed by atoms with Crippen LogP contribution in [0, 0.1) is 10.8 Å². The monoisotopic (exact) mass is 774 g/mol. The molecule has 57 heavy (non-hydrogen) atoms. The molecule has 2 saturated heterocycles. The van der Waals surface area contributed by atoms with E-state index in [1.54, 1.807) is 0 Å². The summed E-state index contributed by atoms with van der Waals surface area (Å²) in [4.78, 5) is 56.7. The first-order valence-corrected chi connectivity index (χ1v) is 21.1. The average Bonchev–Trinajstić information content (AvgIpc) is 4.08. The van der Waals surface area contributed by atoms with Gasteiger partial charge >= 0.3 is 0 Å². The van der Waals surface area contributed by atoms with Gasteiger partial charge in [0.25, 0.3) is 0 Å². The standard InChI is InChI=1S/C25H32N6O.C18H26N6O/c1-2-3-9-21(32)27-24-28-22-20(10-13-26-22)23(29-24)31-15-14-30(17-25(18-31)11-12-25)16-19-7-5-4-6-8-19;1-2-3-4-14(25)21-17-22-15-13(5-8-20-15)16(23-17)24-10-9-19-11-18(12-24)6-7-18/h4-8,10,13H,2-3,9,11-12,14-18H2,1H3,(H2,26,27,28,29,32);5,8,19H,2-4,6-7,9-12H2,1H3,(H2,20,21,22,23,25). The van der Waals surface area contributed by atoms with E-state index in [2.05, 4.69) is 94.8 Å². The second-order valence-electron chi connectivity index (χ2n) is 16.7. The third-order valence-corrected chi connectivity index (χ3v) is 11.9. The number of aromatic nitrogens is 6. The van der Waals surface area contributed by atoms with Gasteiger partial charge in [-0.05, 0) is 56.2 Å². The summed E-state index contributed by atoms with van der Waals surface area (Å²) in [6.07, 6.45) is 13.6. The van der Waals surface area contributed by atoms with E-state index < -0.39 is 0 Å². The number of H-pyrrole nitrogens is 2. The Morgan fingerprint density at radius 2 is 1.25 bits per heavy atom. The van der Waals surface area contributed by atoms with Gasteiger partial charge in [-0.25, -0.2) is 0 Å². The zero-order valence-electron chi connectivity index (χ0n) is 33.6. The Morgan fingerprint density at radius 3 is 1.81 bits per heavy atom. The number of rotatable bonds is 12. The fraction of sp³-hybridized carbons (Fsp3) is 0.535. The number of unbranched alkanes of at least 4 members (excludes halogenated alkanes) is 2. The highest BCUT2D eigenvalue weighted by Gasteiger charge is 2.47. The minimum atomic E-state index is -0.0210. The maximum absolute atomic E-state index is 12.3. The third-order valence-electron chi connectivity index (χ3n) is 11.9. The molecule has 302 valence electrons. The normalized spacial score (nSPS) is 18.6. The quantitative estimate of drug-likeness (QED) is 0.0951. The summed E-state index contributed by atoms with van der Waals surface area (Å²) >= 11 is 0. The Labute approximate surface area is 335 Å². The third kappa shape index (κ3) is 9.56. The molecule has 4 aliphatic rings. The Balaban J connectivity index is 0.000000165. The summed E-state index contributed by atoms with van der Waals surface area (Å²) in [5, 5.41) is 11.4. The number of nitrogens with zero attached hydrogens (tertiary/aromatic N) is 7. The number of carbonyl (C=O) groups is 2. The summed E-state index contributed by atoms with van der Waals surface area (Å²) in [5.41, 5.74) is 3.65. The summed E-state index contributed by atoms with van der Waals surface area (Å²) in [7, 11) is 0. The number of anilines is 4. The molecule has 1 aromatic carbocycles. The smallest absolute Gasteiger partial charge is 0.233 e. The Hall–Kier alpha value is -5.08. The van der Waals surface area contributed by atoms with Crippen molar-refractivity contribution in [3.8, 4) is 0 Å². The summed E-state index contributed by atoms with van der Waals surface area (Å²) in [6, 6.07) is 14.8. The van der Waals surface area contributed by atoms with Crippen molar-refractivity contribution in [1.82, 2.24) is 40.1 Å². The van der Waals surface area contributed by atoms with Crippen LogP contribution in [0.4, 0.5) is 23.5 Å². The molecular formula is C43H58N12O2. The first kappa shape index (κ1) is 38.8. The largest absolute Gasteiger partial charge is 0.354 e. The van der Waals surface area contributed by atoms with Crippen molar-refractivity contribution in [2.45, 2.75) is 84.6 Å². The van der Waals surface area contributed by atoms with E-state index in [1.807, 2.05) is 24.5 Å². The molecule has 5 N–H and O–H groups in total. The molecule has 0 unspecified atom stereocenters. The Morgan fingerprint density at radius 1 is 0.684 bits per heavy atom. The second-order valence-corrected chi connectivity index (χ2v) is 16.7. The molecule has 2 spiro atoms. The molecule has 2 amide bonds. The molecule has 2 aliphatic carbocycles. The van der Waals surface area contributed by atoms with Gasteiger partial charge in [0, 0.05) is 95.0 Å². The van der Waals surface area contributed by atoms with Crippen molar-refractivity contribution in [2.24, 2.45) is 10.8 Å². The Kier molecular flexibility index (Phi) is 11.7. The molecule has 2 aliphatic heterocycles. The number of hydrogen-bond acceptors (Lipinski definition) is 10. The van der Waals surface area contributed by atoms with Crippen LogP contribution in [0.25, 0.3) is 22.1 Å². The van der Waals surface area contributed by atoms with Gasteiger partial charge in [0.2, 0.25) is 23.7 Å². The van der Waals surface area contributed by atoms with Gasteiger partial charge in [0.15, 0.2) is 0 Å². The fourth-order valence-corrected chi connectivity index (χ4v) is 8.29. The first-order valence-electron chi connectivity index (χ1n) is 21.1. The van der Waals surface area contributed by atoms with Gasteiger partial charge in [-0.3, -0.25) is 25.1 Å². The topological polar surface area (TPSA) is 163 Å². The number of amides is 2. The molecule has 14 nitrogen and oxygen atoms in total. The zero-order chi connectivity index (χ0) is 39.2. The predicted octanol–water partition coefficient (Wildman–Crippen LogP) is 6.47. The van der Waals surface area contributed by atoms with Crippen molar-refractivity contribution in [3.05, 3.63) is 60.4 Å². The van der Waals surface area contributed by atoms with Crippen LogP contribution in [0.1, 0.15) is 83.6 Å². The van der Waals surface area contributed by atoms with Gasteiger partial charge in [0.1, 0.15) is 22.9 Å². The highest BCUT2D eigenvalue weighted by Crippen LogP contribution is 2.49. The van der Waals surface area contributed by atoms with Crippen LogP contribution < -0.4 is 25.8 Å². The number of fused-ring (bicyclic) bond motifs is 2. The first-order chi connectivity index (χ1) is 27.8. The lowest BCUT2D eigenvalue weighted by molar-refractivity contribution is -0.117. The second kappa shape index (κ2) is 17.2. The van der Waals surface area contributed by atoms with Crippen LogP contribution in [-0.2, 0) is 16.1 Å². The predicted molar refractivity (Wildman–Crippen MR) is 226 cm³/mol. The molecule has 2 saturated carbocycles. The lowest BCUT2D eigenvalue weighted by atomic mass is 10.1. The minimum absolute atomic E-state index is 0.0186. The number of nitrogens with one attached hydrogen (secondary N) is 5. The summed E-state index contributed by atoms with van der Waals surface area (Å²) in [5.74, 6) is 2.60. The van der Waals surface area contributed by atoms with Crippen molar-refractivity contribution in [1.29, 1.82) is 0 Å². The molecule has 5 aromatic rings. The molecule has 0 atom stereocenters. The molecule has 6 heterocycles. The summed E-state index contributed by atoms with van der Waals surface area (Å²) < 4.78 is 0. The minimum Gasteiger partial charge on any atom is -0.354 e. The van der Waals surface area contributed by atoms with E-state index in [4.69, 9.17) is 9.97 Å². The molecule has 0 radical (unpaired) electrons. The van der Waals surface area contributed by atoms with Gasteiger partial charge in [-0.1, -0.05) is 57.0 Å². The maximum Gasteiger partial charge on any atom is 0.233 e. The number of hydrogen-bond donors (Lipinski definition) is 5. The zero-order valence-corrected chi connectivity index (χ0v) is 33.6. The van der Waals surface area contributed by atoms with Gasteiger partial charge in [-0.2, -0.15) is 19.9 Å². The molecule has 9 rings (SSSR count). The average molecular weight is 775 g/mol. The lowest BCUT2D eigenvalue weighted by Crippen LogP contribution is -2.32. The van der Waals surface area contributed by atoms with Crippen molar-refractivity contribution in [3.63, 3.8) is 0 Å². The van der Waals surface area contributed by atoms with E-state index in [0.29, 0.717) is 35.6 Å². The fourth-order valence-electron chi connectivity index (χ4n) is 8.29. The van der Waals surface area contributed by atoms with Gasteiger partial charge in [-0.15, -0.1) is 0 Å².